The van der Waals surface area contributed by atoms with Crippen LogP contribution in [0.2, 0.25) is 5.02 Å². The van der Waals surface area contributed by atoms with E-state index in [0.29, 0.717) is 10.7 Å². The Kier molecular flexibility index (Phi) is 5.59. The Morgan fingerprint density at radius 1 is 1.37 bits per heavy atom. The Labute approximate surface area is 115 Å². The third kappa shape index (κ3) is 5.15. The van der Waals surface area contributed by atoms with Crippen LogP contribution in [0.5, 0.6) is 0 Å². The minimum atomic E-state index is -1.12. The first-order valence-electron chi connectivity index (χ1n) is 5.46. The van der Waals surface area contributed by atoms with Gasteiger partial charge in [0.15, 0.2) is 0 Å². The number of hydrogen-bond acceptors (Lipinski definition) is 4. The maximum Gasteiger partial charge on any atom is 0.329 e. The van der Waals surface area contributed by atoms with Crippen LogP contribution in [0.4, 0.5) is 11.4 Å². The molecule has 0 fully saturated rings. The molecule has 7 heteroatoms. The number of nitrogens with one attached hydrogen (secondary N) is 1. The lowest BCUT2D eigenvalue weighted by molar-refractivity contribution is -0.143. The molecule has 0 aliphatic carbocycles. The normalized spacial score (nSPS) is 10.1. The Bertz CT molecular complexity index is 477. The number of hydrogen-bond donors (Lipinski definition) is 2. The van der Waals surface area contributed by atoms with Gasteiger partial charge in [0.1, 0.15) is 13.2 Å². The van der Waals surface area contributed by atoms with Gasteiger partial charge in [0.2, 0.25) is 5.91 Å². The van der Waals surface area contributed by atoms with E-state index in [1.54, 1.807) is 18.2 Å². The Morgan fingerprint density at radius 3 is 2.58 bits per heavy atom. The van der Waals surface area contributed by atoms with E-state index in [1.165, 1.54) is 0 Å². The van der Waals surface area contributed by atoms with Crippen LogP contribution in [0, 0.1) is 0 Å². The summed E-state index contributed by atoms with van der Waals surface area (Å²) in [6, 6.07) is 5.10. The zero-order valence-corrected chi connectivity index (χ0v) is 11.4. The maximum atomic E-state index is 11.4. The fourth-order valence-electron chi connectivity index (χ4n) is 1.38. The number of carboxylic acids is 1. The van der Waals surface area contributed by atoms with Crippen molar-refractivity contribution in [1.29, 1.82) is 0 Å². The van der Waals surface area contributed by atoms with Crippen LogP contribution in [-0.2, 0) is 14.3 Å². The molecule has 1 aromatic rings. The number of aliphatic carboxylic acids is 1. The smallest absolute Gasteiger partial charge is 0.329 e. The first-order valence-corrected chi connectivity index (χ1v) is 5.84. The number of carboxylic acid groups (broad SMARTS) is 1. The number of carbonyl (C=O) groups is 2. The van der Waals surface area contributed by atoms with Gasteiger partial charge in [-0.15, -0.1) is 0 Å². The summed E-state index contributed by atoms with van der Waals surface area (Å²) >= 11 is 6.05. The highest BCUT2D eigenvalue weighted by molar-refractivity contribution is 6.33. The van der Waals surface area contributed by atoms with Crippen molar-refractivity contribution < 1.29 is 19.4 Å². The molecule has 0 spiro atoms. The van der Waals surface area contributed by atoms with Crippen LogP contribution in [0.25, 0.3) is 0 Å². The van der Waals surface area contributed by atoms with Crippen molar-refractivity contribution >= 4 is 34.9 Å². The highest BCUT2D eigenvalue weighted by Crippen LogP contribution is 2.27. The molecule has 0 aliphatic heterocycles. The molecule has 0 aliphatic rings. The Hall–Kier alpha value is -1.79. The van der Waals surface area contributed by atoms with Crippen molar-refractivity contribution in [2.24, 2.45) is 0 Å². The van der Waals surface area contributed by atoms with Crippen molar-refractivity contribution in [3.05, 3.63) is 23.2 Å². The number of nitrogens with zero attached hydrogens (tertiary/aromatic N) is 1. The van der Waals surface area contributed by atoms with Crippen molar-refractivity contribution in [3.8, 4) is 0 Å². The van der Waals surface area contributed by atoms with Crippen molar-refractivity contribution in [2.75, 3.05) is 37.5 Å². The van der Waals surface area contributed by atoms with E-state index < -0.39 is 18.5 Å². The fraction of sp³-hybridized carbons (Fsp3) is 0.333. The Morgan fingerprint density at radius 2 is 2.05 bits per heavy atom. The maximum absolute atomic E-state index is 11.4. The molecule has 0 heterocycles. The average molecular weight is 287 g/mol. The number of anilines is 2. The average Bonchev–Trinajstić information content (AvgIpc) is 2.27. The van der Waals surface area contributed by atoms with Crippen LogP contribution < -0.4 is 10.2 Å². The van der Waals surface area contributed by atoms with E-state index in [4.69, 9.17) is 16.7 Å². The Balaban J connectivity index is 2.55. The van der Waals surface area contributed by atoms with E-state index in [-0.39, 0.29) is 6.61 Å². The topological polar surface area (TPSA) is 78.9 Å². The van der Waals surface area contributed by atoms with Crippen LogP contribution in [-0.4, -0.2) is 44.3 Å². The standard InChI is InChI=1S/C12H15ClN2O4/c1-15(2)10-4-3-8(5-9(10)13)14-11(16)6-19-7-12(17)18/h3-5H,6-7H2,1-2H3,(H,14,16)(H,17,18). The molecule has 0 saturated carbocycles. The predicted molar refractivity (Wildman–Crippen MR) is 72.9 cm³/mol. The zero-order valence-electron chi connectivity index (χ0n) is 10.6. The van der Waals surface area contributed by atoms with Crippen LogP contribution in [0.15, 0.2) is 18.2 Å². The summed E-state index contributed by atoms with van der Waals surface area (Å²) in [6.45, 7) is -0.826. The van der Waals surface area contributed by atoms with Crippen LogP contribution in [0.1, 0.15) is 0 Å². The second-order valence-electron chi connectivity index (χ2n) is 4.00. The van der Waals surface area contributed by atoms with E-state index in [1.807, 2.05) is 19.0 Å². The van der Waals surface area contributed by atoms with Gasteiger partial charge >= 0.3 is 5.97 Å². The lowest BCUT2D eigenvalue weighted by Gasteiger charge is -2.15. The number of halogens is 1. The molecule has 2 N–H and O–H groups in total. The minimum Gasteiger partial charge on any atom is -0.480 e. The van der Waals surface area contributed by atoms with Gasteiger partial charge in [-0.3, -0.25) is 4.79 Å². The summed E-state index contributed by atoms with van der Waals surface area (Å²) in [5, 5.41) is 11.4. The number of rotatable bonds is 6. The first-order chi connectivity index (χ1) is 8.90. The number of ether oxygens (including phenoxy) is 1. The molecular weight excluding hydrogens is 272 g/mol. The van der Waals surface area contributed by atoms with Gasteiger partial charge in [0.05, 0.1) is 10.7 Å². The third-order valence-electron chi connectivity index (χ3n) is 2.17. The van der Waals surface area contributed by atoms with Gasteiger partial charge in [0, 0.05) is 19.8 Å². The van der Waals surface area contributed by atoms with Gasteiger partial charge < -0.3 is 20.1 Å². The summed E-state index contributed by atoms with van der Waals surface area (Å²) in [7, 11) is 3.72. The van der Waals surface area contributed by atoms with Crippen molar-refractivity contribution in [3.63, 3.8) is 0 Å². The summed E-state index contributed by atoms with van der Waals surface area (Å²) in [6.07, 6.45) is 0. The molecule has 0 atom stereocenters. The van der Waals surface area contributed by atoms with Gasteiger partial charge in [-0.05, 0) is 18.2 Å². The van der Waals surface area contributed by atoms with E-state index in [0.717, 1.165) is 5.69 Å². The van der Waals surface area contributed by atoms with Gasteiger partial charge in [-0.1, -0.05) is 11.6 Å². The van der Waals surface area contributed by atoms with Crippen molar-refractivity contribution in [1.82, 2.24) is 0 Å². The highest BCUT2D eigenvalue weighted by Gasteiger charge is 2.07. The van der Waals surface area contributed by atoms with E-state index in [9.17, 15) is 9.59 Å². The third-order valence-corrected chi connectivity index (χ3v) is 2.47. The van der Waals surface area contributed by atoms with Crippen molar-refractivity contribution in [2.45, 2.75) is 0 Å². The molecule has 0 aromatic heterocycles. The molecule has 0 radical (unpaired) electrons. The largest absolute Gasteiger partial charge is 0.480 e. The minimum absolute atomic E-state index is 0.320. The van der Waals surface area contributed by atoms with E-state index in [2.05, 4.69) is 10.1 Å². The SMILES string of the molecule is CN(C)c1ccc(NC(=O)COCC(=O)O)cc1Cl. The molecular formula is C12H15ClN2O4. The number of carbonyl (C=O) groups excluding carboxylic acids is 1. The molecule has 1 rings (SSSR count). The zero-order chi connectivity index (χ0) is 14.4. The van der Waals surface area contributed by atoms with Gasteiger partial charge in [-0.2, -0.15) is 0 Å². The first kappa shape index (κ1) is 15.3. The summed E-state index contributed by atoms with van der Waals surface area (Å²) in [5.41, 5.74) is 1.36. The predicted octanol–water partition coefficient (Wildman–Crippen LogP) is 1.45. The molecule has 1 aromatic carbocycles. The quantitative estimate of drug-likeness (QED) is 0.827. The molecule has 6 nitrogen and oxygen atoms in total. The van der Waals surface area contributed by atoms with E-state index >= 15 is 0 Å². The molecule has 104 valence electrons. The van der Waals surface area contributed by atoms with Gasteiger partial charge in [0.25, 0.3) is 0 Å². The summed E-state index contributed by atoms with van der Waals surface area (Å²) in [5.74, 6) is -1.55. The lowest BCUT2D eigenvalue weighted by atomic mass is 10.2. The number of benzene rings is 1. The summed E-state index contributed by atoms with van der Waals surface area (Å²) < 4.78 is 4.67. The number of amides is 1. The monoisotopic (exact) mass is 286 g/mol. The van der Waals surface area contributed by atoms with Gasteiger partial charge in [-0.25, -0.2) is 4.79 Å². The highest BCUT2D eigenvalue weighted by atomic mass is 35.5. The second kappa shape index (κ2) is 6.96. The van der Waals surface area contributed by atoms with Crippen LogP contribution >= 0.6 is 11.6 Å². The van der Waals surface area contributed by atoms with Crippen LogP contribution in [0.3, 0.4) is 0 Å². The molecule has 1 amide bonds. The molecule has 0 bridgehead atoms. The fourth-order valence-corrected chi connectivity index (χ4v) is 1.73. The lowest BCUT2D eigenvalue weighted by Crippen LogP contribution is -2.20. The second-order valence-corrected chi connectivity index (χ2v) is 4.40. The summed E-state index contributed by atoms with van der Waals surface area (Å²) in [4.78, 5) is 23.5. The molecule has 0 saturated heterocycles. The molecule has 0 unspecified atom stereocenters. The molecule has 19 heavy (non-hydrogen) atoms.